The molecule has 2 aromatic carbocycles. The quantitative estimate of drug-likeness (QED) is 0.877. The van der Waals surface area contributed by atoms with E-state index in [9.17, 15) is 8.60 Å². The van der Waals surface area contributed by atoms with E-state index in [0.717, 1.165) is 10.0 Å². The molecule has 0 spiro atoms. The second-order valence-electron chi connectivity index (χ2n) is 3.74. The lowest BCUT2D eigenvalue weighted by Crippen LogP contribution is -2.01. The van der Waals surface area contributed by atoms with Gasteiger partial charge in [-0.25, -0.2) is 4.39 Å². The molecule has 1 unspecified atom stereocenters. The molecule has 94 valence electrons. The van der Waals surface area contributed by atoms with Gasteiger partial charge in [0.1, 0.15) is 5.82 Å². The summed E-state index contributed by atoms with van der Waals surface area (Å²) in [4.78, 5) is 0.215. The molecule has 1 atom stereocenters. The van der Waals surface area contributed by atoms with Gasteiger partial charge in [0.05, 0.1) is 21.4 Å². The molecule has 0 heterocycles. The Balaban J connectivity index is 2.27. The molecule has 2 nitrogen and oxygen atoms in total. The van der Waals surface area contributed by atoms with Crippen LogP contribution < -0.4 is 5.73 Å². The Bertz CT molecular complexity index is 603. The van der Waals surface area contributed by atoms with Gasteiger partial charge in [-0.15, -0.1) is 0 Å². The summed E-state index contributed by atoms with van der Waals surface area (Å²) in [5.74, 6) is -0.220. The first-order chi connectivity index (χ1) is 8.59. The first-order valence-electron chi connectivity index (χ1n) is 5.25. The maximum atomic E-state index is 13.5. The highest BCUT2D eigenvalue weighted by molar-refractivity contribution is 9.10. The molecule has 18 heavy (non-hydrogen) atoms. The van der Waals surface area contributed by atoms with Gasteiger partial charge in [0, 0.05) is 10.2 Å². The molecule has 0 aliphatic heterocycles. The van der Waals surface area contributed by atoms with Crippen molar-refractivity contribution in [2.24, 2.45) is 0 Å². The van der Waals surface area contributed by atoms with Crippen molar-refractivity contribution in [1.82, 2.24) is 0 Å². The second kappa shape index (κ2) is 5.63. The normalized spacial score (nSPS) is 12.3. The van der Waals surface area contributed by atoms with Crippen molar-refractivity contribution < 1.29 is 8.60 Å². The van der Waals surface area contributed by atoms with Crippen LogP contribution in [0.25, 0.3) is 0 Å². The highest BCUT2D eigenvalue weighted by Crippen LogP contribution is 2.26. The van der Waals surface area contributed by atoms with Crippen LogP contribution in [-0.4, -0.2) is 4.21 Å². The largest absolute Gasteiger partial charge is 0.398 e. The van der Waals surface area contributed by atoms with Gasteiger partial charge in [0.2, 0.25) is 0 Å². The lowest BCUT2D eigenvalue weighted by atomic mass is 10.2. The van der Waals surface area contributed by atoms with Crippen LogP contribution in [0.1, 0.15) is 5.56 Å². The number of nitrogens with two attached hydrogens (primary N) is 1. The summed E-state index contributed by atoms with van der Waals surface area (Å²) >= 11 is 3.35. The standard InChI is InChI=1S/C13H11BrFNOS/c14-13-9(4-3-6-11(13)16)8-18(17)12-7-2-1-5-10(12)15/h1-7H,8,16H2. The lowest BCUT2D eigenvalue weighted by molar-refractivity contribution is 0.595. The SMILES string of the molecule is Nc1cccc(CS(=O)c2ccccc2F)c1Br. The highest BCUT2D eigenvalue weighted by Gasteiger charge is 2.12. The van der Waals surface area contributed by atoms with Crippen molar-refractivity contribution in [3.8, 4) is 0 Å². The maximum Gasteiger partial charge on any atom is 0.139 e. The van der Waals surface area contributed by atoms with Crippen molar-refractivity contribution >= 4 is 32.4 Å². The predicted octanol–water partition coefficient (Wildman–Crippen LogP) is 3.48. The Hall–Kier alpha value is -1.20. The summed E-state index contributed by atoms with van der Waals surface area (Å²) in [6.45, 7) is 0. The molecule has 0 saturated carbocycles. The van der Waals surface area contributed by atoms with E-state index in [4.69, 9.17) is 5.73 Å². The molecule has 0 bridgehead atoms. The zero-order valence-electron chi connectivity index (χ0n) is 9.40. The molecule has 0 aromatic heterocycles. The smallest absolute Gasteiger partial charge is 0.139 e. The third kappa shape index (κ3) is 2.79. The Morgan fingerprint density at radius 3 is 2.61 bits per heavy atom. The van der Waals surface area contributed by atoms with E-state index in [1.54, 1.807) is 24.3 Å². The van der Waals surface area contributed by atoms with Gasteiger partial charge in [-0.2, -0.15) is 0 Å². The zero-order chi connectivity index (χ0) is 13.1. The monoisotopic (exact) mass is 327 g/mol. The van der Waals surface area contributed by atoms with Crippen molar-refractivity contribution in [3.63, 3.8) is 0 Å². The summed E-state index contributed by atoms with van der Waals surface area (Å²) in [6, 6.07) is 11.4. The van der Waals surface area contributed by atoms with Crippen LogP contribution in [0.2, 0.25) is 0 Å². The fraction of sp³-hybridized carbons (Fsp3) is 0.0769. The van der Waals surface area contributed by atoms with Gasteiger partial charge >= 0.3 is 0 Å². The molecule has 2 aromatic rings. The van der Waals surface area contributed by atoms with E-state index in [2.05, 4.69) is 15.9 Å². The fourth-order valence-corrected chi connectivity index (χ4v) is 3.34. The summed E-state index contributed by atoms with van der Waals surface area (Å²) in [5.41, 5.74) is 7.13. The first-order valence-corrected chi connectivity index (χ1v) is 7.36. The molecule has 0 fully saturated rings. The number of halogens is 2. The average molecular weight is 328 g/mol. The van der Waals surface area contributed by atoms with Crippen LogP contribution in [0.3, 0.4) is 0 Å². The molecular weight excluding hydrogens is 317 g/mol. The molecular formula is C13H11BrFNOS. The van der Waals surface area contributed by atoms with Crippen LogP contribution >= 0.6 is 15.9 Å². The molecule has 0 aliphatic carbocycles. The average Bonchev–Trinajstić information content (AvgIpc) is 2.35. The van der Waals surface area contributed by atoms with E-state index >= 15 is 0 Å². The van der Waals surface area contributed by atoms with Crippen LogP contribution in [0, 0.1) is 5.82 Å². The number of hydrogen-bond acceptors (Lipinski definition) is 2. The van der Waals surface area contributed by atoms with Gasteiger partial charge in [-0.05, 0) is 39.7 Å². The minimum absolute atomic E-state index is 0.215. The van der Waals surface area contributed by atoms with E-state index in [1.165, 1.54) is 12.1 Å². The molecule has 5 heteroatoms. The minimum atomic E-state index is -1.43. The minimum Gasteiger partial charge on any atom is -0.398 e. The summed E-state index contributed by atoms with van der Waals surface area (Å²) in [6.07, 6.45) is 0. The van der Waals surface area contributed by atoms with Crippen molar-refractivity contribution in [2.75, 3.05) is 5.73 Å². The van der Waals surface area contributed by atoms with Crippen molar-refractivity contribution in [3.05, 3.63) is 58.3 Å². The maximum absolute atomic E-state index is 13.5. The zero-order valence-corrected chi connectivity index (χ0v) is 11.8. The Morgan fingerprint density at radius 1 is 1.17 bits per heavy atom. The van der Waals surface area contributed by atoms with E-state index in [0.29, 0.717) is 5.69 Å². The number of anilines is 1. The number of nitrogen functional groups attached to an aromatic ring is 1. The molecule has 2 N–H and O–H groups in total. The van der Waals surface area contributed by atoms with E-state index in [-0.39, 0.29) is 10.6 Å². The Kier molecular flexibility index (Phi) is 4.14. The predicted molar refractivity (Wildman–Crippen MR) is 75.1 cm³/mol. The molecule has 0 aliphatic rings. The third-order valence-corrected chi connectivity index (χ3v) is 4.84. The molecule has 2 rings (SSSR count). The summed E-state index contributed by atoms with van der Waals surface area (Å²) in [7, 11) is -1.43. The molecule has 0 radical (unpaired) electrons. The van der Waals surface area contributed by atoms with E-state index < -0.39 is 16.6 Å². The Morgan fingerprint density at radius 2 is 1.89 bits per heavy atom. The first kappa shape index (κ1) is 13.2. The van der Waals surface area contributed by atoms with Gasteiger partial charge in [-0.1, -0.05) is 24.3 Å². The number of rotatable bonds is 3. The van der Waals surface area contributed by atoms with E-state index in [1.807, 2.05) is 6.07 Å². The van der Waals surface area contributed by atoms with Gasteiger partial charge in [-0.3, -0.25) is 4.21 Å². The third-order valence-electron chi connectivity index (χ3n) is 2.48. The van der Waals surface area contributed by atoms with Gasteiger partial charge in [0.15, 0.2) is 0 Å². The van der Waals surface area contributed by atoms with Gasteiger partial charge < -0.3 is 5.73 Å². The number of benzene rings is 2. The summed E-state index contributed by atoms with van der Waals surface area (Å²) in [5, 5.41) is 0. The van der Waals surface area contributed by atoms with Crippen LogP contribution in [0.15, 0.2) is 51.8 Å². The molecule has 0 saturated heterocycles. The topological polar surface area (TPSA) is 43.1 Å². The summed E-state index contributed by atoms with van der Waals surface area (Å²) < 4.78 is 26.3. The van der Waals surface area contributed by atoms with Crippen LogP contribution in [0.4, 0.5) is 10.1 Å². The highest BCUT2D eigenvalue weighted by atomic mass is 79.9. The molecule has 0 amide bonds. The fourth-order valence-electron chi connectivity index (χ4n) is 1.56. The van der Waals surface area contributed by atoms with Gasteiger partial charge in [0.25, 0.3) is 0 Å². The van der Waals surface area contributed by atoms with Crippen LogP contribution in [0.5, 0.6) is 0 Å². The number of hydrogen-bond donors (Lipinski definition) is 1. The van der Waals surface area contributed by atoms with Crippen molar-refractivity contribution in [2.45, 2.75) is 10.6 Å². The lowest BCUT2D eigenvalue weighted by Gasteiger charge is -2.07. The Labute approximate surface area is 116 Å². The van der Waals surface area contributed by atoms with Crippen molar-refractivity contribution in [1.29, 1.82) is 0 Å². The van der Waals surface area contributed by atoms with Crippen LogP contribution in [-0.2, 0) is 16.6 Å². The second-order valence-corrected chi connectivity index (χ2v) is 5.95.